The number of carbonyl (C=O) groups excluding carboxylic acids is 1. The van der Waals surface area contributed by atoms with E-state index in [-0.39, 0.29) is 11.9 Å². The minimum absolute atomic E-state index is 0.138. The molecule has 1 aromatic heterocycles. The number of aliphatic hydroxyl groups excluding tert-OH is 1. The molecule has 1 saturated heterocycles. The number of aryl methyl sites for hydroxylation is 2. The van der Waals surface area contributed by atoms with Crippen LogP contribution in [0.4, 0.5) is 0 Å². The van der Waals surface area contributed by atoms with Crippen LogP contribution in [0.25, 0.3) is 0 Å². The van der Waals surface area contributed by atoms with E-state index in [1.807, 2.05) is 19.9 Å². The summed E-state index contributed by atoms with van der Waals surface area (Å²) >= 11 is 0. The van der Waals surface area contributed by atoms with Crippen LogP contribution in [0, 0.1) is 19.8 Å². The smallest absolute Gasteiger partial charge is 0.178 e. The average molecular weight is 250 g/mol. The predicted octanol–water partition coefficient (Wildman–Crippen LogP) is 1.52. The van der Waals surface area contributed by atoms with Crippen molar-refractivity contribution in [1.82, 2.24) is 9.88 Å². The first kappa shape index (κ1) is 13.3. The van der Waals surface area contributed by atoms with Crippen LogP contribution in [0.1, 0.15) is 35.1 Å². The van der Waals surface area contributed by atoms with Crippen molar-refractivity contribution in [3.05, 3.63) is 23.0 Å². The van der Waals surface area contributed by atoms with Gasteiger partial charge in [-0.25, -0.2) is 0 Å². The van der Waals surface area contributed by atoms with Gasteiger partial charge in [0.05, 0.1) is 12.6 Å². The fraction of sp³-hybridized carbons (Fsp3) is 0.643. The molecule has 2 atom stereocenters. The van der Waals surface area contributed by atoms with E-state index in [1.165, 1.54) is 0 Å². The number of rotatable bonds is 3. The first-order chi connectivity index (χ1) is 8.47. The Balaban J connectivity index is 1.98. The first-order valence-electron chi connectivity index (χ1n) is 6.57. The van der Waals surface area contributed by atoms with Gasteiger partial charge in [0.25, 0.3) is 0 Å². The second kappa shape index (κ2) is 5.24. The van der Waals surface area contributed by atoms with Crippen molar-refractivity contribution in [3.8, 4) is 0 Å². The summed E-state index contributed by atoms with van der Waals surface area (Å²) in [5, 5.41) is 9.83. The van der Waals surface area contributed by atoms with Gasteiger partial charge >= 0.3 is 0 Å². The van der Waals surface area contributed by atoms with Crippen LogP contribution in [0.2, 0.25) is 0 Å². The molecule has 18 heavy (non-hydrogen) atoms. The molecule has 2 heterocycles. The maximum Gasteiger partial charge on any atom is 0.178 e. The number of aromatic amines is 1. The Bertz CT molecular complexity index is 439. The molecule has 4 nitrogen and oxygen atoms in total. The third-order valence-corrected chi connectivity index (χ3v) is 3.82. The lowest BCUT2D eigenvalue weighted by Crippen LogP contribution is -2.44. The lowest BCUT2D eigenvalue weighted by Gasteiger charge is -2.33. The highest BCUT2D eigenvalue weighted by Gasteiger charge is 2.26. The van der Waals surface area contributed by atoms with E-state index in [9.17, 15) is 9.90 Å². The lowest BCUT2D eigenvalue weighted by molar-refractivity contribution is 0.0295. The molecule has 2 N–H and O–H groups in total. The molecule has 4 heteroatoms. The second-order valence-corrected chi connectivity index (χ2v) is 5.48. The number of hydrogen-bond donors (Lipinski definition) is 2. The van der Waals surface area contributed by atoms with Crippen molar-refractivity contribution in [2.24, 2.45) is 5.92 Å². The Morgan fingerprint density at radius 1 is 1.56 bits per heavy atom. The third kappa shape index (κ3) is 2.82. The summed E-state index contributed by atoms with van der Waals surface area (Å²) in [6, 6.07) is 1.90. The van der Waals surface area contributed by atoms with Gasteiger partial charge in [-0.3, -0.25) is 9.69 Å². The Morgan fingerprint density at radius 3 is 2.83 bits per heavy atom. The van der Waals surface area contributed by atoms with Crippen molar-refractivity contribution in [3.63, 3.8) is 0 Å². The van der Waals surface area contributed by atoms with Crippen molar-refractivity contribution in [1.29, 1.82) is 0 Å². The molecule has 0 radical (unpaired) electrons. The maximum absolute atomic E-state index is 12.2. The van der Waals surface area contributed by atoms with Gasteiger partial charge in [0.2, 0.25) is 0 Å². The molecule has 1 aliphatic rings. The van der Waals surface area contributed by atoms with E-state index in [0.717, 1.165) is 29.9 Å². The van der Waals surface area contributed by atoms with Gasteiger partial charge in [0.15, 0.2) is 5.78 Å². The number of Topliss-reactive ketones (excluding diaryl/α,β-unsaturated/α-hetero) is 1. The maximum atomic E-state index is 12.2. The summed E-state index contributed by atoms with van der Waals surface area (Å²) in [4.78, 5) is 17.4. The molecular formula is C14H22N2O2. The minimum Gasteiger partial charge on any atom is -0.392 e. The van der Waals surface area contributed by atoms with Crippen molar-refractivity contribution in [2.75, 3.05) is 19.6 Å². The summed E-state index contributed by atoms with van der Waals surface area (Å²) in [6.45, 7) is 7.84. The molecule has 0 amide bonds. The quantitative estimate of drug-likeness (QED) is 0.800. The van der Waals surface area contributed by atoms with Crippen molar-refractivity contribution >= 4 is 5.78 Å². The minimum atomic E-state index is -0.305. The van der Waals surface area contributed by atoms with Gasteiger partial charge in [-0.2, -0.15) is 0 Å². The molecular weight excluding hydrogens is 228 g/mol. The van der Waals surface area contributed by atoms with E-state index >= 15 is 0 Å². The van der Waals surface area contributed by atoms with E-state index in [4.69, 9.17) is 0 Å². The monoisotopic (exact) mass is 250 g/mol. The van der Waals surface area contributed by atoms with Crippen LogP contribution < -0.4 is 0 Å². The highest BCUT2D eigenvalue weighted by Crippen LogP contribution is 2.18. The molecule has 0 aliphatic carbocycles. The van der Waals surface area contributed by atoms with Crippen LogP contribution >= 0.6 is 0 Å². The molecule has 1 aliphatic heterocycles. The number of nitrogens with zero attached hydrogens (tertiary/aromatic N) is 1. The fourth-order valence-electron chi connectivity index (χ4n) is 2.56. The number of piperidine rings is 1. The highest BCUT2D eigenvalue weighted by molar-refractivity contribution is 5.98. The third-order valence-electron chi connectivity index (χ3n) is 3.82. The topological polar surface area (TPSA) is 56.3 Å². The molecule has 0 saturated carbocycles. The van der Waals surface area contributed by atoms with Gasteiger partial charge in [-0.05, 0) is 38.8 Å². The van der Waals surface area contributed by atoms with Crippen LogP contribution in [0.5, 0.6) is 0 Å². The van der Waals surface area contributed by atoms with Crippen LogP contribution in [-0.2, 0) is 0 Å². The molecule has 0 spiro atoms. The van der Waals surface area contributed by atoms with Crippen LogP contribution in [0.15, 0.2) is 6.07 Å². The normalized spacial score (nSPS) is 25.3. The number of hydrogen-bond acceptors (Lipinski definition) is 3. The van der Waals surface area contributed by atoms with E-state index < -0.39 is 0 Å². The standard InChI is InChI=1S/C14H22N2O2/c1-9-4-5-16(7-13(9)17)8-14(18)12-6-10(2)15-11(12)3/h6,9,13,15,17H,4-5,7-8H2,1-3H3. The number of carbonyl (C=O) groups is 1. The number of likely N-dealkylation sites (tertiary alicyclic amines) is 1. The molecule has 2 rings (SSSR count). The van der Waals surface area contributed by atoms with Crippen LogP contribution in [-0.4, -0.2) is 46.5 Å². The zero-order chi connectivity index (χ0) is 13.3. The lowest BCUT2D eigenvalue weighted by atomic mass is 9.95. The molecule has 2 unspecified atom stereocenters. The van der Waals surface area contributed by atoms with E-state index in [0.29, 0.717) is 19.0 Å². The number of β-amino-alcohol motifs (C(OH)–C–C–N with tert-alkyl or cyclic N) is 1. The molecule has 1 fully saturated rings. The Hall–Kier alpha value is -1.13. The van der Waals surface area contributed by atoms with Gasteiger partial charge in [0, 0.05) is 23.5 Å². The summed E-state index contributed by atoms with van der Waals surface area (Å²) in [5.41, 5.74) is 2.73. The SMILES string of the molecule is Cc1cc(C(=O)CN2CCC(C)C(O)C2)c(C)[nH]1. The zero-order valence-electron chi connectivity index (χ0n) is 11.4. The Morgan fingerprint density at radius 2 is 2.28 bits per heavy atom. The Kier molecular flexibility index (Phi) is 3.88. The Labute approximate surface area is 108 Å². The van der Waals surface area contributed by atoms with Crippen molar-refractivity contribution < 1.29 is 9.90 Å². The fourth-order valence-corrected chi connectivity index (χ4v) is 2.56. The summed E-state index contributed by atoms with van der Waals surface area (Å²) < 4.78 is 0. The van der Waals surface area contributed by atoms with E-state index in [1.54, 1.807) is 0 Å². The molecule has 0 bridgehead atoms. The average Bonchev–Trinajstić information content (AvgIpc) is 2.63. The van der Waals surface area contributed by atoms with E-state index in [2.05, 4.69) is 16.8 Å². The molecule has 1 aromatic rings. The van der Waals surface area contributed by atoms with Gasteiger partial charge in [-0.1, -0.05) is 6.92 Å². The number of H-pyrrole nitrogens is 1. The van der Waals surface area contributed by atoms with Gasteiger partial charge in [0.1, 0.15) is 0 Å². The largest absolute Gasteiger partial charge is 0.392 e. The summed E-state index contributed by atoms with van der Waals surface area (Å²) in [7, 11) is 0. The summed E-state index contributed by atoms with van der Waals surface area (Å²) in [6.07, 6.45) is 0.653. The highest BCUT2D eigenvalue weighted by atomic mass is 16.3. The number of aliphatic hydroxyl groups is 1. The molecule has 100 valence electrons. The zero-order valence-corrected chi connectivity index (χ0v) is 11.4. The first-order valence-corrected chi connectivity index (χ1v) is 6.57. The molecule has 0 aromatic carbocycles. The summed E-state index contributed by atoms with van der Waals surface area (Å²) in [5.74, 6) is 0.478. The van der Waals surface area contributed by atoms with Gasteiger partial charge in [-0.15, -0.1) is 0 Å². The van der Waals surface area contributed by atoms with Crippen LogP contribution in [0.3, 0.4) is 0 Å². The second-order valence-electron chi connectivity index (χ2n) is 5.48. The number of ketones is 1. The van der Waals surface area contributed by atoms with Gasteiger partial charge < -0.3 is 10.1 Å². The predicted molar refractivity (Wildman–Crippen MR) is 70.8 cm³/mol. The number of nitrogens with one attached hydrogen (secondary N) is 1. The van der Waals surface area contributed by atoms with Crippen molar-refractivity contribution in [2.45, 2.75) is 33.3 Å². The number of aromatic nitrogens is 1.